The smallest absolute Gasteiger partial charge is 0.267 e. The molecular weight excluding hydrogens is 502 g/mol. The van der Waals surface area contributed by atoms with Crippen LogP contribution in [0.2, 0.25) is 0 Å². The first-order valence-electron chi connectivity index (χ1n) is 12.4. The summed E-state index contributed by atoms with van der Waals surface area (Å²) in [5, 5.41) is 3.69. The minimum absolute atomic E-state index is 0.0732. The lowest BCUT2D eigenvalue weighted by atomic mass is 9.99. The highest BCUT2D eigenvalue weighted by molar-refractivity contribution is 7.21. The van der Waals surface area contributed by atoms with Crippen LogP contribution in [0.5, 0.6) is 0 Å². The molecule has 6 rings (SSSR count). The van der Waals surface area contributed by atoms with E-state index in [1.807, 2.05) is 84.9 Å². The normalized spacial score (nSPS) is 10.9. The van der Waals surface area contributed by atoms with E-state index in [2.05, 4.69) is 5.32 Å². The zero-order chi connectivity index (χ0) is 26.8. The number of nitrogen functional groups attached to an aromatic ring is 1. The number of carbonyl (C=O) groups is 2. The summed E-state index contributed by atoms with van der Waals surface area (Å²) in [5.41, 5.74) is 12.5. The van der Waals surface area contributed by atoms with Crippen molar-refractivity contribution in [3.63, 3.8) is 0 Å². The molecule has 0 spiro atoms. The molecule has 0 radical (unpaired) electrons. The van der Waals surface area contributed by atoms with E-state index >= 15 is 0 Å². The zero-order valence-electron chi connectivity index (χ0n) is 20.8. The highest BCUT2D eigenvalue weighted by atomic mass is 32.1. The number of hydrogen-bond acceptors (Lipinski definition) is 5. The Morgan fingerprint density at radius 2 is 1.26 bits per heavy atom. The van der Waals surface area contributed by atoms with E-state index in [1.54, 1.807) is 36.4 Å². The van der Waals surface area contributed by atoms with Crippen LogP contribution in [0.4, 0.5) is 11.4 Å². The fourth-order valence-corrected chi connectivity index (χ4v) is 5.56. The lowest BCUT2D eigenvalue weighted by molar-refractivity contribution is 0.102. The Hall–Kier alpha value is -5.07. The molecule has 0 aliphatic rings. The van der Waals surface area contributed by atoms with Gasteiger partial charge in [0, 0.05) is 27.8 Å². The van der Waals surface area contributed by atoms with Gasteiger partial charge in [-0.05, 0) is 41.5 Å². The van der Waals surface area contributed by atoms with E-state index in [-0.39, 0.29) is 11.7 Å². The molecular formula is C33H23N3O2S. The van der Waals surface area contributed by atoms with E-state index in [9.17, 15) is 9.59 Å². The number of aromatic nitrogens is 1. The predicted molar refractivity (Wildman–Crippen MR) is 159 cm³/mol. The number of nitrogens with two attached hydrogens (primary N) is 1. The molecule has 39 heavy (non-hydrogen) atoms. The minimum Gasteiger partial charge on any atom is -0.397 e. The second kappa shape index (κ2) is 10.4. The standard InChI is InChI=1S/C33H23N3O2S/c34-29-28-26(21-10-4-1-5-11-21)20-27(22-12-6-2-7-13-22)36-33(28)39-31(29)32(38)35-25-18-16-24(17-19-25)30(37)23-14-8-3-9-15-23/h1-20H,34H2,(H,35,38). The van der Waals surface area contributed by atoms with Crippen molar-refractivity contribution in [3.05, 3.63) is 137 Å². The van der Waals surface area contributed by atoms with Gasteiger partial charge in [0.1, 0.15) is 9.71 Å². The highest BCUT2D eigenvalue weighted by Crippen LogP contribution is 2.41. The van der Waals surface area contributed by atoms with Gasteiger partial charge in [0.05, 0.1) is 11.4 Å². The van der Waals surface area contributed by atoms with Gasteiger partial charge in [0.2, 0.25) is 0 Å². The fourth-order valence-electron chi connectivity index (χ4n) is 4.54. The van der Waals surface area contributed by atoms with Crippen LogP contribution in [-0.4, -0.2) is 16.7 Å². The van der Waals surface area contributed by atoms with Crippen LogP contribution in [0.15, 0.2) is 121 Å². The summed E-state index contributed by atoms with van der Waals surface area (Å²) in [6.07, 6.45) is 0. The SMILES string of the molecule is Nc1c(C(=O)Nc2ccc(C(=O)c3ccccc3)cc2)sc2nc(-c3ccccc3)cc(-c3ccccc3)c12. The molecule has 6 aromatic rings. The molecule has 3 N–H and O–H groups in total. The summed E-state index contributed by atoms with van der Waals surface area (Å²) < 4.78 is 0. The highest BCUT2D eigenvalue weighted by Gasteiger charge is 2.22. The molecule has 2 aromatic heterocycles. The van der Waals surface area contributed by atoms with Crippen LogP contribution in [0.25, 0.3) is 32.6 Å². The lowest BCUT2D eigenvalue weighted by Gasteiger charge is -2.09. The monoisotopic (exact) mass is 525 g/mol. The second-order valence-electron chi connectivity index (χ2n) is 9.04. The van der Waals surface area contributed by atoms with E-state index in [4.69, 9.17) is 10.7 Å². The van der Waals surface area contributed by atoms with Crippen molar-refractivity contribution >= 4 is 44.6 Å². The maximum atomic E-state index is 13.4. The van der Waals surface area contributed by atoms with Crippen molar-refractivity contribution in [2.45, 2.75) is 0 Å². The van der Waals surface area contributed by atoms with Crippen molar-refractivity contribution in [2.24, 2.45) is 0 Å². The topological polar surface area (TPSA) is 85.1 Å². The van der Waals surface area contributed by atoms with Gasteiger partial charge in [-0.2, -0.15) is 0 Å². The number of anilines is 2. The average Bonchev–Trinajstić information content (AvgIpc) is 3.34. The first kappa shape index (κ1) is 24.3. The van der Waals surface area contributed by atoms with Crippen LogP contribution in [0, 0.1) is 0 Å². The Labute approximate surface area is 229 Å². The number of nitrogens with zero attached hydrogens (tertiary/aromatic N) is 1. The minimum atomic E-state index is -0.321. The van der Waals surface area contributed by atoms with Crippen LogP contribution < -0.4 is 11.1 Å². The van der Waals surface area contributed by atoms with Gasteiger partial charge in [-0.25, -0.2) is 4.98 Å². The third kappa shape index (κ3) is 4.81. The average molecular weight is 526 g/mol. The molecule has 2 heterocycles. The van der Waals surface area contributed by atoms with Gasteiger partial charge in [0.15, 0.2) is 5.78 Å². The Bertz CT molecular complexity index is 1800. The third-order valence-electron chi connectivity index (χ3n) is 6.50. The largest absolute Gasteiger partial charge is 0.397 e. The van der Waals surface area contributed by atoms with Crippen LogP contribution in [0.1, 0.15) is 25.6 Å². The van der Waals surface area contributed by atoms with Crippen molar-refractivity contribution < 1.29 is 9.59 Å². The Morgan fingerprint density at radius 1 is 0.692 bits per heavy atom. The number of benzene rings is 4. The van der Waals surface area contributed by atoms with Crippen LogP contribution >= 0.6 is 11.3 Å². The van der Waals surface area contributed by atoms with Crippen molar-refractivity contribution in [3.8, 4) is 22.4 Å². The van der Waals surface area contributed by atoms with Gasteiger partial charge in [-0.1, -0.05) is 91.0 Å². The molecule has 4 aromatic carbocycles. The number of ketones is 1. The molecule has 0 unspecified atom stereocenters. The Balaban J connectivity index is 1.35. The molecule has 1 amide bonds. The Kier molecular flexibility index (Phi) is 6.45. The number of fused-ring (bicyclic) bond motifs is 1. The molecule has 0 aliphatic carbocycles. The molecule has 0 bridgehead atoms. The van der Waals surface area contributed by atoms with Gasteiger partial charge in [-0.15, -0.1) is 11.3 Å². The fraction of sp³-hybridized carbons (Fsp3) is 0. The third-order valence-corrected chi connectivity index (χ3v) is 7.60. The molecule has 0 saturated heterocycles. The molecule has 6 heteroatoms. The van der Waals surface area contributed by atoms with Gasteiger partial charge < -0.3 is 11.1 Å². The summed E-state index contributed by atoms with van der Waals surface area (Å²) in [7, 11) is 0. The molecule has 0 aliphatic heterocycles. The van der Waals surface area contributed by atoms with E-state index in [1.165, 1.54) is 11.3 Å². The van der Waals surface area contributed by atoms with Crippen molar-refractivity contribution in [1.82, 2.24) is 4.98 Å². The van der Waals surface area contributed by atoms with Crippen molar-refractivity contribution in [2.75, 3.05) is 11.1 Å². The van der Waals surface area contributed by atoms with Crippen LogP contribution in [-0.2, 0) is 0 Å². The number of rotatable bonds is 6. The summed E-state index contributed by atoms with van der Waals surface area (Å²) >= 11 is 1.27. The van der Waals surface area contributed by atoms with E-state index in [0.717, 1.165) is 27.8 Å². The maximum absolute atomic E-state index is 13.4. The first-order valence-corrected chi connectivity index (χ1v) is 13.2. The van der Waals surface area contributed by atoms with Gasteiger partial charge in [0.25, 0.3) is 5.91 Å². The van der Waals surface area contributed by atoms with E-state index in [0.29, 0.717) is 32.2 Å². The van der Waals surface area contributed by atoms with Gasteiger partial charge >= 0.3 is 0 Å². The van der Waals surface area contributed by atoms with Crippen molar-refractivity contribution in [1.29, 1.82) is 0 Å². The van der Waals surface area contributed by atoms with Crippen LogP contribution in [0.3, 0.4) is 0 Å². The molecule has 0 saturated carbocycles. The quantitative estimate of drug-likeness (QED) is 0.218. The number of hydrogen-bond donors (Lipinski definition) is 2. The molecule has 0 fully saturated rings. The predicted octanol–water partition coefficient (Wildman–Crippen LogP) is 7.70. The summed E-state index contributed by atoms with van der Waals surface area (Å²) in [4.78, 5) is 32.1. The number of carbonyl (C=O) groups excluding carboxylic acids is 2. The summed E-state index contributed by atoms with van der Waals surface area (Å²) in [5.74, 6) is -0.395. The number of nitrogens with one attached hydrogen (secondary N) is 1. The first-order chi connectivity index (χ1) is 19.1. The second-order valence-corrected chi connectivity index (χ2v) is 10.0. The molecule has 188 valence electrons. The van der Waals surface area contributed by atoms with Gasteiger partial charge in [-0.3, -0.25) is 9.59 Å². The van der Waals surface area contributed by atoms with E-state index < -0.39 is 0 Å². The zero-order valence-corrected chi connectivity index (χ0v) is 21.6. The molecule has 5 nitrogen and oxygen atoms in total. The maximum Gasteiger partial charge on any atom is 0.267 e. The lowest BCUT2D eigenvalue weighted by Crippen LogP contribution is -2.12. The summed E-state index contributed by atoms with van der Waals surface area (Å²) in [6, 6.07) is 37.9. The summed E-state index contributed by atoms with van der Waals surface area (Å²) in [6.45, 7) is 0. The number of thiophene rings is 1. The molecule has 0 atom stereocenters. The number of pyridine rings is 1. The Morgan fingerprint density at radius 3 is 1.90 bits per heavy atom. The number of amides is 1.